The highest BCUT2D eigenvalue weighted by molar-refractivity contribution is 6.34. The van der Waals surface area contributed by atoms with Crippen LogP contribution in [0.5, 0.6) is 17.2 Å². The van der Waals surface area contributed by atoms with E-state index in [1.165, 1.54) is 24.3 Å². The summed E-state index contributed by atoms with van der Waals surface area (Å²) in [6, 6.07) is 1.73. The quantitative estimate of drug-likeness (QED) is 0.191. The van der Waals surface area contributed by atoms with Crippen LogP contribution in [0.15, 0.2) is 47.8 Å². The fourth-order valence-electron chi connectivity index (χ4n) is 3.16. The molecule has 0 atom stereocenters. The van der Waals surface area contributed by atoms with Gasteiger partial charge in [0.1, 0.15) is 16.5 Å². The maximum Gasteiger partial charge on any atom is 0.336 e. The van der Waals surface area contributed by atoms with Gasteiger partial charge in [0.15, 0.2) is 17.2 Å². The Morgan fingerprint density at radius 1 is 1.32 bits per heavy atom. The molecule has 0 saturated heterocycles. The van der Waals surface area contributed by atoms with Crippen molar-refractivity contribution in [2.75, 3.05) is 6.61 Å². The SMILES string of the molecule is C\C=C(F)/C=C/C(C)=C/C(=O)Oc1cc2c(c(Cl)c1OCC)OC(C)(C)C=C2C(C)C. The van der Waals surface area contributed by atoms with Crippen molar-refractivity contribution in [1.82, 2.24) is 0 Å². The topological polar surface area (TPSA) is 44.8 Å². The minimum atomic E-state index is -0.618. The molecular weight excluding hydrogens is 419 g/mol. The minimum absolute atomic E-state index is 0.202. The fourth-order valence-corrected chi connectivity index (χ4v) is 3.45. The van der Waals surface area contributed by atoms with E-state index in [0.717, 1.165) is 11.1 Å². The van der Waals surface area contributed by atoms with Crippen LogP contribution in [0.2, 0.25) is 5.02 Å². The van der Waals surface area contributed by atoms with E-state index in [0.29, 0.717) is 17.9 Å². The van der Waals surface area contributed by atoms with E-state index in [9.17, 15) is 9.18 Å². The molecule has 1 aliphatic heterocycles. The zero-order valence-corrected chi connectivity index (χ0v) is 19.9. The second-order valence-electron chi connectivity index (χ2n) is 8.10. The molecule has 0 spiro atoms. The summed E-state index contributed by atoms with van der Waals surface area (Å²) in [5.74, 6) is 0.159. The molecule has 0 N–H and O–H groups in total. The lowest BCUT2D eigenvalue weighted by Gasteiger charge is -2.34. The van der Waals surface area contributed by atoms with E-state index in [1.54, 1.807) is 19.9 Å². The third-order valence-corrected chi connectivity index (χ3v) is 4.91. The summed E-state index contributed by atoms with van der Waals surface area (Å²) in [5, 5.41) is 0.261. The molecule has 0 aromatic heterocycles. The molecule has 31 heavy (non-hydrogen) atoms. The van der Waals surface area contributed by atoms with Crippen molar-refractivity contribution in [2.24, 2.45) is 5.92 Å². The smallest absolute Gasteiger partial charge is 0.336 e. The molecule has 1 aromatic carbocycles. The predicted molar refractivity (Wildman–Crippen MR) is 124 cm³/mol. The van der Waals surface area contributed by atoms with E-state index < -0.39 is 17.4 Å². The van der Waals surface area contributed by atoms with Crippen molar-refractivity contribution >= 4 is 23.1 Å². The number of halogens is 2. The van der Waals surface area contributed by atoms with Gasteiger partial charge in [-0.25, -0.2) is 9.18 Å². The van der Waals surface area contributed by atoms with Crippen LogP contribution in [0.4, 0.5) is 4.39 Å². The highest BCUT2D eigenvalue weighted by Crippen LogP contribution is 2.51. The number of hydrogen-bond acceptors (Lipinski definition) is 4. The zero-order valence-electron chi connectivity index (χ0n) is 19.1. The number of benzene rings is 1. The highest BCUT2D eigenvalue weighted by atomic mass is 35.5. The molecular formula is C25H30ClFO4. The van der Waals surface area contributed by atoms with E-state index >= 15 is 0 Å². The minimum Gasteiger partial charge on any atom is -0.488 e. The molecule has 168 valence electrons. The van der Waals surface area contributed by atoms with Gasteiger partial charge in [0.2, 0.25) is 0 Å². The van der Waals surface area contributed by atoms with Crippen molar-refractivity contribution in [3.8, 4) is 17.2 Å². The summed E-state index contributed by atoms with van der Waals surface area (Å²) >= 11 is 6.65. The Labute approximate surface area is 189 Å². The number of rotatable bonds is 7. The van der Waals surface area contributed by atoms with Crippen LogP contribution < -0.4 is 14.2 Å². The summed E-state index contributed by atoms with van der Waals surface area (Å²) in [6.45, 7) is 13.5. The van der Waals surface area contributed by atoms with Crippen molar-refractivity contribution in [3.63, 3.8) is 0 Å². The largest absolute Gasteiger partial charge is 0.488 e. The Morgan fingerprint density at radius 2 is 2.00 bits per heavy atom. The molecule has 1 heterocycles. The number of fused-ring (bicyclic) bond motifs is 1. The summed E-state index contributed by atoms with van der Waals surface area (Å²) in [7, 11) is 0. The molecule has 1 aliphatic rings. The lowest BCUT2D eigenvalue weighted by Crippen LogP contribution is -2.30. The molecule has 4 nitrogen and oxygen atoms in total. The van der Waals surface area contributed by atoms with Gasteiger partial charge in [-0.15, -0.1) is 0 Å². The van der Waals surface area contributed by atoms with Gasteiger partial charge in [0.25, 0.3) is 0 Å². The molecule has 6 heteroatoms. The molecule has 0 bridgehead atoms. The normalized spacial score (nSPS) is 16.1. The third kappa shape index (κ3) is 6.23. The van der Waals surface area contributed by atoms with E-state index in [-0.39, 0.29) is 22.4 Å². The first-order chi connectivity index (χ1) is 14.5. The predicted octanol–water partition coefficient (Wildman–Crippen LogP) is 7.23. The molecule has 0 radical (unpaired) electrons. The van der Waals surface area contributed by atoms with Gasteiger partial charge in [-0.05, 0) is 69.9 Å². The monoisotopic (exact) mass is 448 g/mol. The van der Waals surface area contributed by atoms with Crippen LogP contribution in [0, 0.1) is 5.92 Å². The Morgan fingerprint density at radius 3 is 2.58 bits per heavy atom. The van der Waals surface area contributed by atoms with Gasteiger partial charge in [0, 0.05) is 11.6 Å². The second-order valence-corrected chi connectivity index (χ2v) is 8.48. The van der Waals surface area contributed by atoms with Crippen molar-refractivity contribution in [1.29, 1.82) is 0 Å². The summed E-state index contributed by atoms with van der Waals surface area (Å²) < 4.78 is 30.7. The van der Waals surface area contributed by atoms with Gasteiger partial charge in [0.05, 0.1) is 6.61 Å². The number of allylic oxidation sites excluding steroid dienone is 6. The summed E-state index contributed by atoms with van der Waals surface area (Å²) in [6.07, 6.45) is 7.43. The summed E-state index contributed by atoms with van der Waals surface area (Å²) in [5.41, 5.74) is 1.81. The zero-order chi connectivity index (χ0) is 23.3. The van der Waals surface area contributed by atoms with Crippen LogP contribution in [-0.2, 0) is 4.79 Å². The standard InChI is InChI=1S/C25H30ClFO4/c1-8-17(27)11-10-16(5)12-21(28)30-20-13-18-19(15(3)4)14-25(6,7)31-23(18)22(26)24(20)29-9-2/h8,10-15H,9H2,1-7H3/b11-10+,16-12+,17-8+. The number of carbonyl (C=O) groups is 1. The lowest BCUT2D eigenvalue weighted by molar-refractivity contribution is -0.129. The molecule has 1 aromatic rings. The number of esters is 1. The highest BCUT2D eigenvalue weighted by Gasteiger charge is 2.33. The number of hydrogen-bond donors (Lipinski definition) is 0. The number of carbonyl (C=O) groups excluding carboxylic acids is 1. The van der Waals surface area contributed by atoms with E-state index in [1.807, 2.05) is 26.8 Å². The van der Waals surface area contributed by atoms with Gasteiger partial charge < -0.3 is 14.2 Å². The Kier molecular flexibility index (Phi) is 8.13. The second kappa shape index (κ2) is 10.2. The number of ether oxygens (including phenoxy) is 3. The van der Waals surface area contributed by atoms with E-state index in [4.69, 9.17) is 25.8 Å². The lowest BCUT2D eigenvalue weighted by atomic mass is 9.87. The third-order valence-electron chi connectivity index (χ3n) is 4.57. The Hall–Kier alpha value is -2.53. The van der Waals surface area contributed by atoms with Crippen LogP contribution in [-0.4, -0.2) is 18.2 Å². The summed E-state index contributed by atoms with van der Waals surface area (Å²) in [4.78, 5) is 12.5. The van der Waals surface area contributed by atoms with Crippen molar-refractivity contribution in [3.05, 3.63) is 58.4 Å². The van der Waals surface area contributed by atoms with Crippen LogP contribution >= 0.6 is 11.6 Å². The molecule has 2 rings (SSSR count). The van der Waals surface area contributed by atoms with Crippen LogP contribution in [0.1, 0.15) is 54.0 Å². The first-order valence-electron chi connectivity index (χ1n) is 10.3. The first kappa shape index (κ1) is 24.7. The van der Waals surface area contributed by atoms with Gasteiger partial charge in [-0.1, -0.05) is 37.6 Å². The Bertz CT molecular complexity index is 968. The molecule has 0 aliphatic carbocycles. The van der Waals surface area contributed by atoms with E-state index in [2.05, 4.69) is 13.8 Å². The maximum atomic E-state index is 13.3. The molecule has 0 saturated carbocycles. The van der Waals surface area contributed by atoms with Crippen molar-refractivity contribution in [2.45, 2.75) is 54.1 Å². The average Bonchev–Trinajstić information content (AvgIpc) is 2.68. The fraction of sp³-hybridized carbons (Fsp3) is 0.400. The molecule has 0 unspecified atom stereocenters. The van der Waals surface area contributed by atoms with Gasteiger partial charge in [-0.2, -0.15) is 0 Å². The van der Waals surface area contributed by atoms with Gasteiger partial charge in [-0.3, -0.25) is 0 Å². The first-order valence-corrected chi connectivity index (χ1v) is 10.7. The molecule has 0 amide bonds. The average molecular weight is 449 g/mol. The van der Waals surface area contributed by atoms with Gasteiger partial charge >= 0.3 is 5.97 Å². The molecule has 0 fully saturated rings. The van der Waals surface area contributed by atoms with Crippen molar-refractivity contribution < 1.29 is 23.4 Å². The van der Waals surface area contributed by atoms with Crippen LogP contribution in [0.3, 0.4) is 0 Å². The Balaban J connectivity index is 2.49. The maximum absolute atomic E-state index is 13.3. The van der Waals surface area contributed by atoms with Crippen LogP contribution in [0.25, 0.3) is 5.57 Å².